The predicted octanol–water partition coefficient (Wildman–Crippen LogP) is 1.90. The van der Waals surface area contributed by atoms with Crippen LogP contribution in [0.3, 0.4) is 0 Å². The predicted molar refractivity (Wildman–Crippen MR) is 67.2 cm³/mol. The van der Waals surface area contributed by atoms with Crippen LogP contribution in [0.2, 0.25) is 0 Å². The lowest BCUT2D eigenvalue weighted by Crippen LogP contribution is -2.20. The first kappa shape index (κ1) is 10.7. The highest BCUT2D eigenvalue weighted by Crippen LogP contribution is 2.26. The molecular weight excluding hydrogens is 230 g/mol. The van der Waals surface area contributed by atoms with Crippen molar-refractivity contribution in [3.05, 3.63) is 46.4 Å². The lowest BCUT2D eigenvalue weighted by atomic mass is 10.1. The van der Waals surface area contributed by atoms with Crippen molar-refractivity contribution in [1.29, 1.82) is 0 Å². The highest BCUT2D eigenvalue weighted by molar-refractivity contribution is 5.92. The third kappa shape index (κ3) is 1.44. The maximum Gasteiger partial charge on any atom is 0.296 e. The van der Waals surface area contributed by atoms with Gasteiger partial charge in [-0.25, -0.2) is 4.68 Å². The first-order valence-corrected chi connectivity index (χ1v) is 5.57. The van der Waals surface area contributed by atoms with Crippen LogP contribution in [0.4, 0.5) is 0 Å². The molecule has 0 saturated carbocycles. The van der Waals surface area contributed by atoms with Crippen molar-refractivity contribution in [2.45, 2.75) is 6.92 Å². The fourth-order valence-electron chi connectivity index (χ4n) is 1.99. The summed E-state index contributed by atoms with van der Waals surface area (Å²) in [5.74, 6) is 0.606. The summed E-state index contributed by atoms with van der Waals surface area (Å²) < 4.78 is 6.39. The normalized spacial score (nSPS) is 11.0. The van der Waals surface area contributed by atoms with Gasteiger partial charge < -0.3 is 4.52 Å². The Hall–Kier alpha value is -2.43. The van der Waals surface area contributed by atoms with Gasteiger partial charge in [0.25, 0.3) is 5.56 Å². The van der Waals surface area contributed by atoms with Gasteiger partial charge in [-0.1, -0.05) is 35.5 Å². The Morgan fingerprint density at radius 1 is 1.22 bits per heavy atom. The molecular formula is C13H11N3O2. The SMILES string of the molecule is Cc1onc2c(=O)n(C)nc(-c3ccccc3)c12. The van der Waals surface area contributed by atoms with Crippen LogP contribution in [-0.4, -0.2) is 14.9 Å². The van der Waals surface area contributed by atoms with E-state index in [-0.39, 0.29) is 5.56 Å². The summed E-state index contributed by atoms with van der Waals surface area (Å²) >= 11 is 0. The van der Waals surface area contributed by atoms with Crippen molar-refractivity contribution >= 4 is 10.9 Å². The van der Waals surface area contributed by atoms with E-state index in [0.717, 1.165) is 5.56 Å². The van der Waals surface area contributed by atoms with Crippen LogP contribution in [0, 0.1) is 6.92 Å². The number of aromatic nitrogens is 3. The monoisotopic (exact) mass is 241 g/mol. The maximum atomic E-state index is 11.9. The van der Waals surface area contributed by atoms with Gasteiger partial charge >= 0.3 is 0 Å². The highest BCUT2D eigenvalue weighted by atomic mass is 16.5. The van der Waals surface area contributed by atoms with E-state index in [4.69, 9.17) is 4.52 Å². The summed E-state index contributed by atoms with van der Waals surface area (Å²) in [5.41, 5.74) is 1.72. The van der Waals surface area contributed by atoms with E-state index in [1.54, 1.807) is 14.0 Å². The van der Waals surface area contributed by atoms with Crippen LogP contribution in [0.1, 0.15) is 5.76 Å². The molecule has 0 bridgehead atoms. The van der Waals surface area contributed by atoms with Gasteiger partial charge in [0.05, 0.1) is 5.39 Å². The molecule has 0 spiro atoms. The summed E-state index contributed by atoms with van der Waals surface area (Å²) in [4.78, 5) is 11.9. The molecule has 0 aliphatic heterocycles. The van der Waals surface area contributed by atoms with E-state index in [0.29, 0.717) is 22.4 Å². The van der Waals surface area contributed by atoms with E-state index in [2.05, 4.69) is 10.3 Å². The largest absolute Gasteiger partial charge is 0.360 e. The molecule has 18 heavy (non-hydrogen) atoms. The summed E-state index contributed by atoms with van der Waals surface area (Å²) in [6.45, 7) is 1.78. The highest BCUT2D eigenvalue weighted by Gasteiger charge is 2.17. The molecule has 2 heterocycles. The second-order valence-electron chi connectivity index (χ2n) is 4.11. The van der Waals surface area contributed by atoms with Crippen molar-refractivity contribution in [2.24, 2.45) is 7.05 Å². The number of fused-ring (bicyclic) bond motifs is 1. The van der Waals surface area contributed by atoms with Crippen LogP contribution in [0.25, 0.3) is 22.2 Å². The standard InChI is InChI=1S/C13H11N3O2/c1-8-10-11(9-6-4-3-5-7-9)14-16(2)13(17)12(10)15-18-8/h3-7H,1-2H3. The van der Waals surface area contributed by atoms with Gasteiger partial charge in [-0.05, 0) is 6.92 Å². The van der Waals surface area contributed by atoms with Gasteiger partial charge in [0.2, 0.25) is 0 Å². The lowest BCUT2D eigenvalue weighted by molar-refractivity contribution is 0.405. The topological polar surface area (TPSA) is 60.9 Å². The number of aryl methyl sites for hydroxylation is 2. The van der Waals surface area contributed by atoms with E-state index in [1.807, 2.05) is 30.3 Å². The minimum atomic E-state index is -0.249. The second-order valence-corrected chi connectivity index (χ2v) is 4.11. The molecule has 0 fully saturated rings. The number of rotatable bonds is 1. The Kier molecular flexibility index (Phi) is 2.26. The minimum Gasteiger partial charge on any atom is -0.360 e. The lowest BCUT2D eigenvalue weighted by Gasteiger charge is -2.04. The quantitative estimate of drug-likeness (QED) is 0.652. The molecule has 0 aliphatic carbocycles. The Labute approximate surface area is 103 Å². The zero-order valence-corrected chi connectivity index (χ0v) is 10.0. The Balaban J connectivity index is 2.46. The van der Waals surface area contributed by atoms with E-state index >= 15 is 0 Å². The molecule has 3 rings (SSSR count). The third-order valence-electron chi connectivity index (χ3n) is 2.89. The van der Waals surface area contributed by atoms with Crippen molar-refractivity contribution in [3.8, 4) is 11.3 Å². The van der Waals surface area contributed by atoms with Crippen molar-refractivity contribution in [1.82, 2.24) is 14.9 Å². The summed E-state index contributed by atoms with van der Waals surface area (Å²) in [5, 5.41) is 8.81. The molecule has 5 nitrogen and oxygen atoms in total. The molecule has 0 atom stereocenters. The molecule has 3 aromatic rings. The molecule has 5 heteroatoms. The van der Waals surface area contributed by atoms with E-state index in [1.165, 1.54) is 4.68 Å². The number of benzene rings is 1. The van der Waals surface area contributed by atoms with Gasteiger partial charge in [-0.3, -0.25) is 4.79 Å². The first-order chi connectivity index (χ1) is 8.68. The minimum absolute atomic E-state index is 0.249. The van der Waals surface area contributed by atoms with Gasteiger partial charge in [-0.2, -0.15) is 5.10 Å². The molecule has 0 amide bonds. The number of hydrogen-bond donors (Lipinski definition) is 0. The van der Waals surface area contributed by atoms with Crippen LogP contribution < -0.4 is 5.56 Å². The average molecular weight is 241 g/mol. The molecule has 0 saturated heterocycles. The van der Waals surface area contributed by atoms with Gasteiger partial charge in [0.15, 0.2) is 5.52 Å². The fraction of sp³-hybridized carbons (Fsp3) is 0.154. The number of hydrogen-bond acceptors (Lipinski definition) is 4. The zero-order chi connectivity index (χ0) is 12.7. The van der Waals surface area contributed by atoms with Gasteiger partial charge in [0, 0.05) is 12.6 Å². The maximum absolute atomic E-state index is 11.9. The molecule has 1 aromatic carbocycles. The third-order valence-corrected chi connectivity index (χ3v) is 2.89. The molecule has 0 N–H and O–H groups in total. The number of nitrogens with zero attached hydrogens (tertiary/aromatic N) is 3. The average Bonchev–Trinajstić information content (AvgIpc) is 2.77. The van der Waals surface area contributed by atoms with E-state index in [9.17, 15) is 4.79 Å². The second kappa shape index (κ2) is 3.80. The van der Waals surface area contributed by atoms with Crippen LogP contribution in [-0.2, 0) is 7.05 Å². The Bertz CT molecular complexity index is 772. The zero-order valence-electron chi connectivity index (χ0n) is 10.0. The first-order valence-electron chi connectivity index (χ1n) is 5.57. The van der Waals surface area contributed by atoms with Crippen molar-refractivity contribution in [2.75, 3.05) is 0 Å². The van der Waals surface area contributed by atoms with Crippen LogP contribution in [0.5, 0.6) is 0 Å². The van der Waals surface area contributed by atoms with Crippen molar-refractivity contribution < 1.29 is 4.52 Å². The van der Waals surface area contributed by atoms with Crippen LogP contribution in [0.15, 0.2) is 39.6 Å². The summed E-state index contributed by atoms with van der Waals surface area (Å²) in [6.07, 6.45) is 0. The van der Waals surface area contributed by atoms with Crippen LogP contribution >= 0.6 is 0 Å². The van der Waals surface area contributed by atoms with Gasteiger partial charge in [-0.15, -0.1) is 0 Å². The molecule has 90 valence electrons. The van der Waals surface area contributed by atoms with E-state index < -0.39 is 0 Å². The molecule has 0 aliphatic rings. The molecule has 2 aromatic heterocycles. The Morgan fingerprint density at radius 3 is 2.67 bits per heavy atom. The summed E-state index contributed by atoms with van der Waals surface area (Å²) in [6, 6.07) is 9.67. The van der Waals surface area contributed by atoms with Gasteiger partial charge in [0.1, 0.15) is 11.5 Å². The molecule has 0 unspecified atom stereocenters. The smallest absolute Gasteiger partial charge is 0.296 e. The molecule has 0 radical (unpaired) electrons. The Morgan fingerprint density at radius 2 is 1.94 bits per heavy atom. The van der Waals surface area contributed by atoms with Crippen molar-refractivity contribution in [3.63, 3.8) is 0 Å². The summed E-state index contributed by atoms with van der Waals surface area (Å²) in [7, 11) is 1.61. The fourth-order valence-corrected chi connectivity index (χ4v) is 1.99.